The van der Waals surface area contributed by atoms with Crippen LogP contribution in [0.5, 0.6) is 0 Å². The molecule has 1 aliphatic heterocycles. The van der Waals surface area contributed by atoms with E-state index in [1.807, 2.05) is 0 Å². The Morgan fingerprint density at radius 2 is 1.56 bits per heavy atom. The molecule has 0 bridgehead atoms. The Labute approximate surface area is 181 Å². The number of para-hydroxylation sites is 1. The summed E-state index contributed by atoms with van der Waals surface area (Å²) in [5.74, 6) is -3.48. The Bertz CT molecular complexity index is 1270. The van der Waals surface area contributed by atoms with E-state index in [2.05, 4.69) is 0 Å². The van der Waals surface area contributed by atoms with E-state index in [0.717, 1.165) is 18.2 Å². The maximum atomic E-state index is 14.5. The predicted molar refractivity (Wildman–Crippen MR) is 114 cm³/mol. The highest BCUT2D eigenvalue weighted by Crippen LogP contribution is 2.37. The zero-order valence-electron chi connectivity index (χ0n) is 16.7. The number of halogens is 2. The third kappa shape index (κ3) is 3.49. The largest absolute Gasteiger partial charge is 0.339 e. The van der Waals surface area contributed by atoms with Crippen LogP contribution in [-0.4, -0.2) is 23.8 Å². The first-order chi connectivity index (χ1) is 15.3. The van der Waals surface area contributed by atoms with Crippen molar-refractivity contribution in [3.63, 3.8) is 0 Å². The fourth-order valence-electron chi connectivity index (χ4n) is 3.50. The number of imide groups is 1. The minimum absolute atomic E-state index is 0.0706. The number of hydrogen-bond donors (Lipinski definition) is 0. The Morgan fingerprint density at radius 3 is 2.19 bits per heavy atom. The van der Waals surface area contributed by atoms with Gasteiger partial charge in [-0.25, -0.2) is 13.7 Å². The second-order valence-electron chi connectivity index (χ2n) is 6.96. The SMILES string of the molecule is CN(C1=C(c2ccc([N+](=O)[O-])cc2)C(=O)N(c2cc(F)ccc2F)C1=O)c1ccccc1. The maximum absolute atomic E-state index is 14.5. The number of non-ortho nitro benzene ring substituents is 1. The number of nitro groups is 1. The molecular weight excluding hydrogens is 420 g/mol. The molecule has 0 spiro atoms. The Kier molecular flexibility index (Phi) is 5.23. The molecule has 3 aromatic rings. The van der Waals surface area contributed by atoms with Crippen LogP contribution in [0, 0.1) is 21.7 Å². The smallest absolute Gasteiger partial charge is 0.282 e. The monoisotopic (exact) mass is 435 g/mol. The van der Waals surface area contributed by atoms with Crippen molar-refractivity contribution in [3.05, 3.63) is 106 Å². The molecule has 0 fully saturated rings. The molecule has 7 nitrogen and oxygen atoms in total. The van der Waals surface area contributed by atoms with Crippen molar-refractivity contribution in [2.24, 2.45) is 0 Å². The van der Waals surface area contributed by atoms with Crippen LogP contribution in [-0.2, 0) is 9.59 Å². The summed E-state index contributed by atoms with van der Waals surface area (Å²) in [4.78, 5) is 39.1. The zero-order valence-corrected chi connectivity index (χ0v) is 16.7. The summed E-state index contributed by atoms with van der Waals surface area (Å²) in [7, 11) is 1.56. The predicted octanol–water partition coefficient (Wildman–Crippen LogP) is 4.29. The summed E-state index contributed by atoms with van der Waals surface area (Å²) >= 11 is 0. The highest BCUT2D eigenvalue weighted by Gasteiger charge is 2.43. The van der Waals surface area contributed by atoms with Crippen molar-refractivity contribution in [3.8, 4) is 0 Å². The summed E-state index contributed by atoms with van der Waals surface area (Å²) < 4.78 is 28.3. The van der Waals surface area contributed by atoms with E-state index in [-0.39, 0.29) is 22.5 Å². The van der Waals surface area contributed by atoms with Gasteiger partial charge in [-0.05, 0) is 42.0 Å². The van der Waals surface area contributed by atoms with E-state index in [9.17, 15) is 28.5 Å². The lowest BCUT2D eigenvalue weighted by Gasteiger charge is -2.21. The van der Waals surface area contributed by atoms with Crippen LogP contribution in [0.3, 0.4) is 0 Å². The van der Waals surface area contributed by atoms with Crippen molar-refractivity contribution in [2.75, 3.05) is 16.8 Å². The lowest BCUT2D eigenvalue weighted by atomic mass is 10.0. The van der Waals surface area contributed by atoms with Crippen molar-refractivity contribution in [2.45, 2.75) is 0 Å². The number of likely N-dealkylation sites (N-methyl/N-ethyl adjacent to an activating group) is 1. The molecule has 0 radical (unpaired) electrons. The molecular formula is C23H15F2N3O4. The van der Waals surface area contributed by atoms with E-state index in [0.29, 0.717) is 10.6 Å². The van der Waals surface area contributed by atoms with Gasteiger partial charge in [0.2, 0.25) is 0 Å². The molecule has 0 aliphatic carbocycles. The van der Waals surface area contributed by atoms with Gasteiger partial charge in [-0.15, -0.1) is 0 Å². The topological polar surface area (TPSA) is 83.8 Å². The number of rotatable bonds is 5. The molecule has 0 N–H and O–H groups in total. The van der Waals surface area contributed by atoms with Crippen LogP contribution < -0.4 is 9.80 Å². The van der Waals surface area contributed by atoms with Crippen LogP contribution in [0.4, 0.5) is 25.8 Å². The second-order valence-corrected chi connectivity index (χ2v) is 6.96. The molecule has 160 valence electrons. The molecule has 0 atom stereocenters. The zero-order chi connectivity index (χ0) is 23.0. The van der Waals surface area contributed by atoms with Crippen LogP contribution in [0.25, 0.3) is 5.57 Å². The first-order valence-electron chi connectivity index (χ1n) is 9.41. The van der Waals surface area contributed by atoms with Gasteiger partial charge in [-0.2, -0.15) is 0 Å². The van der Waals surface area contributed by atoms with E-state index in [4.69, 9.17) is 0 Å². The molecule has 1 heterocycles. The van der Waals surface area contributed by atoms with E-state index in [1.165, 1.54) is 29.2 Å². The fraction of sp³-hybridized carbons (Fsp3) is 0.0435. The number of hydrogen-bond acceptors (Lipinski definition) is 5. The molecule has 0 unspecified atom stereocenters. The molecule has 0 saturated heterocycles. The van der Waals surface area contributed by atoms with Gasteiger partial charge in [0.1, 0.15) is 17.3 Å². The van der Waals surface area contributed by atoms with Crippen LogP contribution in [0.1, 0.15) is 5.56 Å². The van der Waals surface area contributed by atoms with Gasteiger partial charge >= 0.3 is 0 Å². The van der Waals surface area contributed by atoms with Crippen molar-refractivity contribution in [1.82, 2.24) is 0 Å². The molecule has 0 saturated carbocycles. The van der Waals surface area contributed by atoms with E-state index >= 15 is 0 Å². The third-order valence-electron chi connectivity index (χ3n) is 5.05. The molecule has 4 rings (SSSR count). The number of nitrogens with zero attached hydrogens (tertiary/aromatic N) is 3. The quantitative estimate of drug-likeness (QED) is 0.339. The summed E-state index contributed by atoms with van der Waals surface area (Å²) in [6.45, 7) is 0. The summed E-state index contributed by atoms with van der Waals surface area (Å²) in [5.41, 5.74) is -0.0673. The molecule has 0 aromatic heterocycles. The standard InChI is InChI=1S/C23H15F2N3O4/c1-26(16-5-3-2-4-6-16)21-20(14-7-10-17(11-8-14)28(31)32)22(29)27(23(21)30)19-13-15(24)9-12-18(19)25/h2-13H,1H3. The van der Waals surface area contributed by atoms with Gasteiger partial charge in [0.15, 0.2) is 0 Å². The normalized spacial score (nSPS) is 13.7. The number of anilines is 2. The minimum atomic E-state index is -0.945. The van der Waals surface area contributed by atoms with E-state index < -0.39 is 34.1 Å². The van der Waals surface area contributed by atoms with Crippen LogP contribution in [0.15, 0.2) is 78.5 Å². The summed E-state index contributed by atoms with van der Waals surface area (Å²) in [5, 5.41) is 11.0. The second kappa shape index (κ2) is 8.03. The number of amides is 2. The van der Waals surface area contributed by atoms with Gasteiger partial charge in [-0.3, -0.25) is 19.7 Å². The first kappa shape index (κ1) is 20.9. The van der Waals surface area contributed by atoms with Gasteiger partial charge in [0.05, 0.1) is 16.2 Å². The van der Waals surface area contributed by atoms with Crippen LogP contribution in [0.2, 0.25) is 0 Å². The summed E-state index contributed by atoms with van der Waals surface area (Å²) in [6.07, 6.45) is 0. The lowest BCUT2D eigenvalue weighted by molar-refractivity contribution is -0.384. The Morgan fingerprint density at radius 1 is 0.906 bits per heavy atom. The van der Waals surface area contributed by atoms with Crippen LogP contribution >= 0.6 is 0 Å². The van der Waals surface area contributed by atoms with E-state index in [1.54, 1.807) is 37.4 Å². The number of carbonyl (C=O) groups is 2. The molecule has 1 aliphatic rings. The number of benzene rings is 3. The van der Waals surface area contributed by atoms with Gasteiger partial charge < -0.3 is 4.90 Å². The van der Waals surface area contributed by atoms with Crippen molar-refractivity contribution >= 4 is 34.4 Å². The Hall–Kier alpha value is -4.40. The lowest BCUT2D eigenvalue weighted by Crippen LogP contribution is -2.35. The molecule has 32 heavy (non-hydrogen) atoms. The maximum Gasteiger partial charge on any atom is 0.282 e. The molecule has 2 amide bonds. The van der Waals surface area contributed by atoms with Crippen molar-refractivity contribution in [1.29, 1.82) is 0 Å². The van der Waals surface area contributed by atoms with Gasteiger partial charge in [0, 0.05) is 30.9 Å². The van der Waals surface area contributed by atoms with Gasteiger partial charge in [0.25, 0.3) is 17.5 Å². The number of nitro benzene ring substituents is 1. The Balaban J connectivity index is 1.90. The average Bonchev–Trinajstić information content (AvgIpc) is 3.05. The molecule has 3 aromatic carbocycles. The highest BCUT2D eigenvalue weighted by molar-refractivity contribution is 6.46. The minimum Gasteiger partial charge on any atom is -0.339 e. The molecule has 9 heteroatoms. The fourth-order valence-corrected chi connectivity index (χ4v) is 3.50. The average molecular weight is 435 g/mol. The first-order valence-corrected chi connectivity index (χ1v) is 9.41. The van der Waals surface area contributed by atoms with Gasteiger partial charge in [-0.1, -0.05) is 18.2 Å². The summed E-state index contributed by atoms with van der Waals surface area (Å²) in [6, 6.07) is 16.2. The third-order valence-corrected chi connectivity index (χ3v) is 5.05. The van der Waals surface area contributed by atoms with Crippen molar-refractivity contribution < 1.29 is 23.3 Å². The number of carbonyl (C=O) groups excluding carboxylic acids is 2. The highest BCUT2D eigenvalue weighted by atomic mass is 19.1.